The van der Waals surface area contributed by atoms with Crippen LogP contribution in [-0.2, 0) is 14.5 Å². The van der Waals surface area contributed by atoms with Gasteiger partial charge in [0.25, 0.3) is 0 Å². The van der Waals surface area contributed by atoms with Crippen molar-refractivity contribution in [3.05, 3.63) is 71.8 Å². The van der Waals surface area contributed by atoms with E-state index in [1.165, 1.54) is 0 Å². The van der Waals surface area contributed by atoms with Gasteiger partial charge in [-0.15, -0.1) is 0 Å². The molecular weight excluding hydrogens is 290 g/mol. The first kappa shape index (κ1) is 16.7. The van der Waals surface area contributed by atoms with Crippen molar-refractivity contribution >= 4 is 27.9 Å². The number of rotatable bonds is 2. The second-order valence-electron chi connectivity index (χ2n) is 3.61. The molecule has 0 N–H and O–H groups in total. The van der Waals surface area contributed by atoms with Crippen molar-refractivity contribution in [2.45, 2.75) is 0 Å². The maximum atomic E-state index is 11.5. The van der Waals surface area contributed by atoms with Crippen molar-refractivity contribution < 1.29 is 24.1 Å². The minimum absolute atomic E-state index is 0.318. The van der Waals surface area contributed by atoms with Crippen LogP contribution in [0.15, 0.2) is 60.7 Å². The minimum Gasteiger partial charge on any atom is -0.242 e. The van der Waals surface area contributed by atoms with Gasteiger partial charge in [0.2, 0.25) is 0 Å². The molecule has 0 radical (unpaired) electrons. The molecule has 106 valence electrons. The Morgan fingerprint density at radius 3 is 1.33 bits per heavy atom. The largest absolute Gasteiger partial charge is 0.386 e. The van der Waals surface area contributed by atoms with Crippen LogP contribution in [0.2, 0.25) is 0 Å². The van der Waals surface area contributed by atoms with Gasteiger partial charge >= 0.3 is 32.6 Å². The van der Waals surface area contributed by atoms with Gasteiger partial charge in [-0.1, -0.05) is 36.4 Å². The van der Waals surface area contributed by atoms with E-state index in [1.807, 2.05) is 9.12 Å². The molecule has 0 saturated carbocycles. The van der Waals surface area contributed by atoms with E-state index in [2.05, 4.69) is 9.78 Å². The molecule has 2 aromatic rings. The van der Waals surface area contributed by atoms with Gasteiger partial charge in [-0.25, -0.2) is 19.4 Å². The molecule has 2 aromatic carbocycles. The van der Waals surface area contributed by atoms with Crippen molar-refractivity contribution in [2.24, 2.45) is 0 Å². The fourth-order valence-electron chi connectivity index (χ4n) is 1.32. The summed E-state index contributed by atoms with van der Waals surface area (Å²) in [6.45, 7) is 0.667. The van der Waals surface area contributed by atoms with Gasteiger partial charge in [0.15, 0.2) is 0 Å². The van der Waals surface area contributed by atoms with Gasteiger partial charge in [-0.3, -0.25) is 0 Å². The number of carbonyl (C=O) groups excluding carboxylic acids is 2. The maximum absolute atomic E-state index is 11.5. The molecule has 0 amide bonds. The third kappa shape index (κ3) is 6.10. The summed E-state index contributed by atoms with van der Waals surface area (Å²) in [5.41, 5.74) is 0.636. The predicted octanol–water partition coefficient (Wildman–Crippen LogP) is 2.44. The molecular formula is C14H12BO5P. The topological polar surface area (TPSA) is 69.7 Å². The van der Waals surface area contributed by atoms with Crippen LogP contribution in [-0.4, -0.2) is 18.8 Å². The zero-order chi connectivity index (χ0) is 15.5. The Morgan fingerprint density at radius 2 is 1.05 bits per heavy atom. The summed E-state index contributed by atoms with van der Waals surface area (Å²) in [5, 5.41) is 0. The molecule has 7 heteroatoms. The number of benzene rings is 2. The molecule has 1 atom stereocenters. The zero-order valence-corrected chi connectivity index (χ0v) is 12.1. The van der Waals surface area contributed by atoms with Gasteiger partial charge in [0.1, 0.15) is 0 Å². The van der Waals surface area contributed by atoms with E-state index in [0.29, 0.717) is 18.0 Å². The van der Waals surface area contributed by atoms with Crippen molar-refractivity contribution in [1.29, 1.82) is 0 Å². The number of hydrogen-bond donors (Lipinski definition) is 0. The molecule has 0 fully saturated rings. The average Bonchev–Trinajstić information content (AvgIpc) is 2.54. The van der Waals surface area contributed by atoms with Gasteiger partial charge in [-0.05, 0) is 24.3 Å². The quantitative estimate of drug-likeness (QED) is 0.369. The van der Waals surface area contributed by atoms with Crippen LogP contribution in [0.5, 0.6) is 0 Å². The minimum atomic E-state index is -0.708. The molecule has 0 aliphatic heterocycles. The number of carbonyl (C=O) groups is 2. The first-order valence-electron chi connectivity index (χ1n) is 5.87. The monoisotopic (exact) mass is 302 g/mol. The Bertz CT molecular complexity index is 537. The van der Waals surface area contributed by atoms with Crippen LogP contribution >= 0.6 is 9.12 Å². The molecule has 0 heterocycles. The Kier molecular flexibility index (Phi) is 7.61. The maximum Gasteiger partial charge on any atom is 0.386 e. The van der Waals surface area contributed by atoms with Crippen LogP contribution in [0.4, 0.5) is 0 Å². The Balaban J connectivity index is 0.000000677. The fourth-order valence-corrected chi connectivity index (χ4v) is 1.32. The van der Waals surface area contributed by atoms with Crippen LogP contribution < -0.4 is 0 Å². The van der Waals surface area contributed by atoms with Gasteiger partial charge < -0.3 is 0 Å². The van der Waals surface area contributed by atoms with E-state index in [0.717, 1.165) is 0 Å². The molecule has 5 nitrogen and oxygen atoms in total. The summed E-state index contributed by atoms with van der Waals surface area (Å²) in [6.07, 6.45) is 0. The normalized spacial score (nSPS) is 8.62. The average molecular weight is 302 g/mol. The Hall–Kier alpha value is -2.33. The summed E-state index contributed by atoms with van der Waals surface area (Å²) in [5.74, 6) is -1.42. The summed E-state index contributed by atoms with van der Waals surface area (Å²) in [4.78, 5) is 31.9. The van der Waals surface area contributed by atoms with Crippen LogP contribution in [0, 0.1) is 0 Å². The van der Waals surface area contributed by atoms with Gasteiger partial charge in [-0.2, -0.15) is 0 Å². The summed E-state index contributed by atoms with van der Waals surface area (Å²) < 4.78 is 8.77. The van der Waals surface area contributed by atoms with Gasteiger partial charge in [0, 0.05) is 0 Å². The molecule has 0 saturated heterocycles. The zero-order valence-electron chi connectivity index (χ0n) is 11.0. The summed E-state index contributed by atoms with van der Waals surface area (Å²) in [6, 6.07) is 16.6. The molecule has 2 rings (SSSR count). The van der Waals surface area contributed by atoms with E-state index in [9.17, 15) is 9.59 Å². The van der Waals surface area contributed by atoms with Crippen molar-refractivity contribution in [3.8, 4) is 0 Å². The molecule has 0 aromatic heterocycles. The van der Waals surface area contributed by atoms with Crippen molar-refractivity contribution in [1.82, 2.24) is 0 Å². The summed E-state index contributed by atoms with van der Waals surface area (Å²) >= 11 is 0. The molecule has 0 aliphatic carbocycles. The van der Waals surface area contributed by atoms with Crippen molar-refractivity contribution in [3.63, 3.8) is 0 Å². The molecule has 0 aliphatic rings. The second kappa shape index (κ2) is 9.56. The third-order valence-electron chi connectivity index (χ3n) is 2.21. The standard InChI is InChI=1S/C14H10O4.BH2OP/c15-13(11-7-3-1-4-8-11)17-18-14(16)12-9-5-2-6-10-12;2-1-3/h1-10H;3H2. The van der Waals surface area contributed by atoms with E-state index >= 15 is 0 Å². The second-order valence-corrected chi connectivity index (χ2v) is 3.88. The molecule has 21 heavy (non-hydrogen) atoms. The molecule has 0 spiro atoms. The van der Waals surface area contributed by atoms with Crippen LogP contribution in [0.25, 0.3) is 0 Å². The van der Waals surface area contributed by atoms with Crippen molar-refractivity contribution in [2.75, 3.05) is 0 Å². The SMILES string of the molecule is O=BP.O=C(OOC(=O)c1ccccc1)c1ccccc1. The Morgan fingerprint density at radius 1 is 0.762 bits per heavy atom. The van der Waals surface area contributed by atoms with E-state index < -0.39 is 11.9 Å². The third-order valence-corrected chi connectivity index (χ3v) is 2.21. The van der Waals surface area contributed by atoms with E-state index in [-0.39, 0.29) is 0 Å². The predicted molar refractivity (Wildman–Crippen MR) is 79.9 cm³/mol. The van der Waals surface area contributed by atoms with Gasteiger partial charge in [0.05, 0.1) is 11.1 Å². The smallest absolute Gasteiger partial charge is 0.242 e. The molecule has 1 unspecified atom stereocenters. The first-order chi connectivity index (χ1) is 10.2. The van der Waals surface area contributed by atoms with E-state index in [4.69, 9.17) is 4.70 Å². The Labute approximate surface area is 124 Å². The number of hydrogen-bond acceptors (Lipinski definition) is 5. The van der Waals surface area contributed by atoms with Crippen LogP contribution in [0.1, 0.15) is 20.7 Å². The van der Waals surface area contributed by atoms with Crippen LogP contribution in [0.3, 0.4) is 0 Å². The molecule has 0 bridgehead atoms. The summed E-state index contributed by atoms with van der Waals surface area (Å²) in [7, 11) is 1.90. The van der Waals surface area contributed by atoms with E-state index in [1.54, 1.807) is 60.7 Å². The fraction of sp³-hybridized carbons (Fsp3) is 0. The first-order valence-corrected chi connectivity index (χ1v) is 6.54.